The van der Waals surface area contributed by atoms with Crippen molar-refractivity contribution in [3.05, 3.63) is 47.5 Å². The quantitative estimate of drug-likeness (QED) is 0.493. The van der Waals surface area contributed by atoms with Crippen molar-refractivity contribution in [2.24, 2.45) is 5.92 Å². The van der Waals surface area contributed by atoms with Gasteiger partial charge in [-0.1, -0.05) is 37.6 Å². The summed E-state index contributed by atoms with van der Waals surface area (Å²) in [6, 6.07) is 14.0. The van der Waals surface area contributed by atoms with Gasteiger partial charge in [0, 0.05) is 20.2 Å². The van der Waals surface area contributed by atoms with Crippen molar-refractivity contribution in [3.63, 3.8) is 0 Å². The van der Waals surface area contributed by atoms with E-state index in [1.807, 2.05) is 11.3 Å². The molecule has 0 N–H and O–H groups in total. The van der Waals surface area contributed by atoms with Crippen LogP contribution in [0, 0.1) is 12.8 Å². The van der Waals surface area contributed by atoms with E-state index in [0.717, 1.165) is 11.8 Å². The van der Waals surface area contributed by atoms with E-state index in [4.69, 9.17) is 0 Å². The second-order valence-electron chi connectivity index (χ2n) is 6.47. The van der Waals surface area contributed by atoms with Crippen molar-refractivity contribution in [3.8, 4) is 0 Å². The molecule has 0 aliphatic heterocycles. The molecular weight excluding hydrogens is 260 g/mol. The van der Waals surface area contributed by atoms with Gasteiger partial charge in [-0.2, -0.15) is 0 Å². The van der Waals surface area contributed by atoms with E-state index in [9.17, 15) is 0 Å². The summed E-state index contributed by atoms with van der Waals surface area (Å²) in [6.07, 6.45) is 4.14. The predicted molar refractivity (Wildman–Crippen MR) is 89.8 cm³/mol. The topological polar surface area (TPSA) is 0 Å². The largest absolute Gasteiger partial charge is 0.135 e. The third-order valence-electron chi connectivity index (χ3n) is 4.82. The Labute approximate surface area is 124 Å². The second-order valence-corrected chi connectivity index (χ2v) is 7.56. The number of fused-ring (bicyclic) bond motifs is 3. The maximum absolute atomic E-state index is 2.46. The minimum atomic E-state index is 0.793. The number of hydrogen-bond donors (Lipinski definition) is 0. The van der Waals surface area contributed by atoms with Gasteiger partial charge in [-0.15, -0.1) is 11.3 Å². The van der Waals surface area contributed by atoms with Crippen LogP contribution < -0.4 is 0 Å². The lowest BCUT2D eigenvalue weighted by Crippen LogP contribution is -1.92. The highest BCUT2D eigenvalue weighted by Crippen LogP contribution is 2.41. The molecule has 0 radical (unpaired) electrons. The van der Waals surface area contributed by atoms with Crippen LogP contribution in [0.3, 0.4) is 0 Å². The smallest absolute Gasteiger partial charge is 0.0358 e. The first-order valence-electron chi connectivity index (χ1n) is 7.63. The third-order valence-corrected chi connectivity index (χ3v) is 5.93. The Hall–Kier alpha value is -1.34. The number of benzene rings is 2. The van der Waals surface area contributed by atoms with Gasteiger partial charge in [0.2, 0.25) is 0 Å². The summed E-state index contributed by atoms with van der Waals surface area (Å²) in [7, 11) is 0. The van der Waals surface area contributed by atoms with E-state index in [-0.39, 0.29) is 0 Å². The highest BCUT2D eigenvalue weighted by atomic mass is 32.1. The number of rotatable bonds is 1. The zero-order chi connectivity index (χ0) is 13.7. The van der Waals surface area contributed by atoms with Crippen molar-refractivity contribution in [2.75, 3.05) is 0 Å². The molecule has 1 aromatic heterocycles. The number of hydrogen-bond acceptors (Lipinski definition) is 1. The van der Waals surface area contributed by atoms with Crippen LogP contribution in [0.5, 0.6) is 0 Å². The van der Waals surface area contributed by atoms with Crippen LogP contribution >= 0.6 is 11.3 Å². The highest BCUT2D eigenvalue weighted by Gasteiger charge is 2.23. The molecule has 4 rings (SSSR count). The average molecular weight is 280 g/mol. The Kier molecular flexibility index (Phi) is 2.85. The van der Waals surface area contributed by atoms with Crippen molar-refractivity contribution in [1.29, 1.82) is 0 Å². The SMILES string of the molecule is Cc1ccc2c(c1)sc1cc(C3CC[C@@H](C)C3)ccc12. The fourth-order valence-corrected chi connectivity index (χ4v) is 4.92. The van der Waals surface area contributed by atoms with Crippen LogP contribution in [-0.2, 0) is 0 Å². The summed E-state index contributed by atoms with van der Waals surface area (Å²) in [4.78, 5) is 0. The number of thiophene rings is 1. The molecule has 0 saturated heterocycles. The van der Waals surface area contributed by atoms with Crippen molar-refractivity contribution in [1.82, 2.24) is 0 Å². The molecule has 1 fully saturated rings. The Morgan fingerprint density at radius 2 is 1.70 bits per heavy atom. The summed E-state index contributed by atoms with van der Waals surface area (Å²) in [6.45, 7) is 4.57. The first kappa shape index (κ1) is 12.4. The van der Waals surface area contributed by atoms with Crippen LogP contribution in [0.2, 0.25) is 0 Å². The molecular formula is C19H20S. The lowest BCUT2D eigenvalue weighted by atomic mass is 9.96. The molecule has 0 spiro atoms. The van der Waals surface area contributed by atoms with Gasteiger partial charge in [-0.25, -0.2) is 0 Å². The molecule has 1 heterocycles. The van der Waals surface area contributed by atoms with Crippen LogP contribution in [0.15, 0.2) is 36.4 Å². The van der Waals surface area contributed by atoms with E-state index in [1.54, 1.807) is 5.56 Å². The molecule has 1 aliphatic carbocycles. The van der Waals surface area contributed by atoms with Crippen molar-refractivity contribution >= 4 is 31.5 Å². The number of aryl methyl sites for hydroxylation is 1. The van der Waals surface area contributed by atoms with Crippen molar-refractivity contribution in [2.45, 2.75) is 39.0 Å². The van der Waals surface area contributed by atoms with Gasteiger partial charge in [0.25, 0.3) is 0 Å². The molecule has 102 valence electrons. The molecule has 2 aromatic carbocycles. The minimum absolute atomic E-state index is 0.793. The Balaban J connectivity index is 1.85. The highest BCUT2D eigenvalue weighted by molar-refractivity contribution is 7.25. The maximum atomic E-state index is 2.46. The lowest BCUT2D eigenvalue weighted by molar-refractivity contribution is 0.597. The van der Waals surface area contributed by atoms with Gasteiger partial charge in [-0.05, 0) is 54.9 Å². The summed E-state index contributed by atoms with van der Waals surface area (Å²) >= 11 is 1.95. The zero-order valence-electron chi connectivity index (χ0n) is 12.1. The van der Waals surface area contributed by atoms with E-state index in [0.29, 0.717) is 0 Å². The Bertz CT molecular complexity index is 781. The van der Waals surface area contributed by atoms with Crippen molar-refractivity contribution < 1.29 is 0 Å². The molecule has 0 bridgehead atoms. The average Bonchev–Trinajstić information content (AvgIpc) is 3.00. The van der Waals surface area contributed by atoms with Gasteiger partial charge in [0.05, 0.1) is 0 Å². The molecule has 1 aliphatic rings. The fourth-order valence-electron chi connectivity index (χ4n) is 3.66. The fraction of sp³-hybridized carbons (Fsp3) is 0.368. The minimum Gasteiger partial charge on any atom is -0.135 e. The van der Waals surface area contributed by atoms with E-state index < -0.39 is 0 Å². The summed E-state index contributed by atoms with van der Waals surface area (Å²) in [5.74, 6) is 1.70. The molecule has 3 aromatic rings. The molecule has 0 nitrogen and oxygen atoms in total. The molecule has 20 heavy (non-hydrogen) atoms. The molecule has 2 atom stereocenters. The first-order chi connectivity index (χ1) is 9.70. The van der Waals surface area contributed by atoms with Crippen LogP contribution in [-0.4, -0.2) is 0 Å². The van der Waals surface area contributed by atoms with Gasteiger partial charge < -0.3 is 0 Å². The molecule has 0 amide bonds. The first-order valence-corrected chi connectivity index (χ1v) is 8.45. The summed E-state index contributed by atoms with van der Waals surface area (Å²) in [5.41, 5.74) is 2.92. The normalized spacial score (nSPS) is 22.9. The summed E-state index contributed by atoms with van der Waals surface area (Å²) < 4.78 is 2.89. The molecule has 1 unspecified atom stereocenters. The monoisotopic (exact) mass is 280 g/mol. The lowest BCUT2D eigenvalue weighted by Gasteiger charge is -2.09. The molecule has 1 heteroatoms. The standard InChI is InChI=1S/C19H20S/c1-12-3-5-14(9-12)15-6-8-17-16-7-4-13(2)10-18(16)20-19(17)11-15/h4,6-8,10-12,14H,3,5,9H2,1-2H3/t12-,14?/m1/s1. The van der Waals surface area contributed by atoms with E-state index in [2.05, 4.69) is 50.2 Å². The Morgan fingerprint density at radius 1 is 0.950 bits per heavy atom. The van der Waals surface area contributed by atoms with Gasteiger partial charge in [-0.3, -0.25) is 0 Å². The summed E-state index contributed by atoms with van der Waals surface area (Å²) in [5, 5.41) is 2.85. The van der Waals surface area contributed by atoms with Gasteiger partial charge in [0.1, 0.15) is 0 Å². The van der Waals surface area contributed by atoms with Crippen LogP contribution in [0.4, 0.5) is 0 Å². The maximum Gasteiger partial charge on any atom is 0.0358 e. The van der Waals surface area contributed by atoms with E-state index >= 15 is 0 Å². The second kappa shape index (κ2) is 4.60. The van der Waals surface area contributed by atoms with Gasteiger partial charge >= 0.3 is 0 Å². The van der Waals surface area contributed by atoms with Crippen LogP contribution in [0.1, 0.15) is 43.2 Å². The zero-order valence-corrected chi connectivity index (χ0v) is 13.0. The Morgan fingerprint density at radius 3 is 2.45 bits per heavy atom. The van der Waals surface area contributed by atoms with Gasteiger partial charge in [0.15, 0.2) is 0 Å². The molecule has 1 saturated carbocycles. The van der Waals surface area contributed by atoms with E-state index in [1.165, 1.54) is 45.0 Å². The third kappa shape index (κ3) is 1.96. The predicted octanol–water partition coefficient (Wildman–Crippen LogP) is 6.27. The van der Waals surface area contributed by atoms with Crippen LogP contribution in [0.25, 0.3) is 20.2 Å².